The SMILES string of the molecule is Cc1nn(C)c(NCC(O)c2ccc(N)cc2)c1C#N. The molecule has 1 heterocycles. The Hall–Kier alpha value is -2.52. The van der Waals surface area contributed by atoms with E-state index in [0.717, 1.165) is 5.56 Å². The zero-order chi connectivity index (χ0) is 14.7. The first-order valence-electron chi connectivity index (χ1n) is 6.24. The minimum Gasteiger partial charge on any atom is -0.399 e. The summed E-state index contributed by atoms with van der Waals surface area (Å²) in [5, 5.41) is 26.5. The Labute approximate surface area is 117 Å². The van der Waals surface area contributed by atoms with E-state index in [1.807, 2.05) is 0 Å². The van der Waals surface area contributed by atoms with E-state index in [0.29, 0.717) is 22.8 Å². The van der Waals surface area contributed by atoms with E-state index < -0.39 is 6.10 Å². The number of hydrogen-bond donors (Lipinski definition) is 3. The molecule has 1 aromatic heterocycles. The van der Waals surface area contributed by atoms with Gasteiger partial charge in [0.05, 0.1) is 11.8 Å². The zero-order valence-corrected chi connectivity index (χ0v) is 11.5. The van der Waals surface area contributed by atoms with E-state index >= 15 is 0 Å². The van der Waals surface area contributed by atoms with Crippen LogP contribution in [-0.4, -0.2) is 21.4 Å². The van der Waals surface area contributed by atoms with Crippen molar-refractivity contribution >= 4 is 11.5 Å². The first-order valence-corrected chi connectivity index (χ1v) is 6.24. The van der Waals surface area contributed by atoms with Gasteiger partial charge in [-0.2, -0.15) is 10.4 Å². The number of aliphatic hydroxyl groups excluding tert-OH is 1. The molecule has 6 heteroatoms. The van der Waals surface area contributed by atoms with Crippen molar-refractivity contribution in [3.8, 4) is 6.07 Å². The molecule has 0 bridgehead atoms. The summed E-state index contributed by atoms with van der Waals surface area (Å²) in [6, 6.07) is 9.16. The molecule has 0 aliphatic heterocycles. The van der Waals surface area contributed by atoms with Crippen molar-refractivity contribution in [2.45, 2.75) is 13.0 Å². The lowest BCUT2D eigenvalue weighted by molar-refractivity contribution is 0.191. The van der Waals surface area contributed by atoms with Crippen molar-refractivity contribution in [3.63, 3.8) is 0 Å². The molecule has 0 radical (unpaired) electrons. The van der Waals surface area contributed by atoms with Crippen LogP contribution in [-0.2, 0) is 7.05 Å². The summed E-state index contributed by atoms with van der Waals surface area (Å²) in [5.74, 6) is 0.611. The molecule has 0 fully saturated rings. The van der Waals surface area contributed by atoms with Gasteiger partial charge < -0.3 is 16.2 Å². The number of aryl methyl sites for hydroxylation is 2. The van der Waals surface area contributed by atoms with E-state index in [9.17, 15) is 5.11 Å². The smallest absolute Gasteiger partial charge is 0.142 e. The molecule has 1 unspecified atom stereocenters. The van der Waals surface area contributed by atoms with E-state index in [2.05, 4.69) is 16.5 Å². The van der Waals surface area contributed by atoms with Crippen LogP contribution < -0.4 is 11.1 Å². The van der Waals surface area contributed by atoms with Crippen LogP contribution >= 0.6 is 0 Å². The molecular formula is C14H17N5O. The average molecular weight is 271 g/mol. The summed E-state index contributed by atoms with van der Waals surface area (Å²) < 4.78 is 1.60. The van der Waals surface area contributed by atoms with Gasteiger partial charge in [0.15, 0.2) is 0 Å². The molecule has 0 aliphatic rings. The van der Waals surface area contributed by atoms with E-state index in [1.165, 1.54) is 0 Å². The number of nitrogens with one attached hydrogen (secondary N) is 1. The van der Waals surface area contributed by atoms with Gasteiger partial charge in [0.25, 0.3) is 0 Å². The Kier molecular flexibility index (Phi) is 3.91. The van der Waals surface area contributed by atoms with Crippen molar-refractivity contribution in [1.29, 1.82) is 5.26 Å². The van der Waals surface area contributed by atoms with E-state index in [4.69, 9.17) is 11.0 Å². The molecule has 2 aromatic rings. The normalized spacial score (nSPS) is 11.9. The van der Waals surface area contributed by atoms with Gasteiger partial charge in [-0.1, -0.05) is 12.1 Å². The Balaban J connectivity index is 2.09. The van der Waals surface area contributed by atoms with Crippen LogP contribution in [0.2, 0.25) is 0 Å². The monoisotopic (exact) mass is 271 g/mol. The molecule has 0 spiro atoms. The van der Waals surface area contributed by atoms with Gasteiger partial charge in [-0.25, -0.2) is 0 Å². The Morgan fingerprint density at radius 3 is 2.70 bits per heavy atom. The van der Waals surface area contributed by atoms with Gasteiger partial charge in [-0.05, 0) is 24.6 Å². The highest BCUT2D eigenvalue weighted by Crippen LogP contribution is 2.20. The van der Waals surface area contributed by atoms with Crippen molar-refractivity contribution in [1.82, 2.24) is 9.78 Å². The fourth-order valence-electron chi connectivity index (χ4n) is 2.02. The summed E-state index contributed by atoms with van der Waals surface area (Å²) >= 11 is 0. The maximum absolute atomic E-state index is 10.1. The standard InChI is InChI=1S/C14H17N5O/c1-9-12(7-15)14(19(2)18-9)17-8-13(20)10-3-5-11(16)6-4-10/h3-6,13,17,20H,8,16H2,1-2H3. The number of nitrogen functional groups attached to an aromatic ring is 1. The number of anilines is 2. The number of nitrogens with two attached hydrogens (primary N) is 1. The van der Waals surface area contributed by atoms with Crippen molar-refractivity contribution in [2.75, 3.05) is 17.6 Å². The lowest BCUT2D eigenvalue weighted by Gasteiger charge is -2.13. The lowest BCUT2D eigenvalue weighted by atomic mass is 10.1. The minimum atomic E-state index is -0.683. The van der Waals surface area contributed by atoms with Gasteiger partial charge in [-0.15, -0.1) is 0 Å². The fraction of sp³-hybridized carbons (Fsp3) is 0.286. The second-order valence-electron chi connectivity index (χ2n) is 4.61. The highest BCUT2D eigenvalue weighted by atomic mass is 16.3. The van der Waals surface area contributed by atoms with Gasteiger partial charge in [0, 0.05) is 19.3 Å². The van der Waals surface area contributed by atoms with Gasteiger partial charge in [-0.3, -0.25) is 4.68 Å². The zero-order valence-electron chi connectivity index (χ0n) is 11.5. The molecule has 2 rings (SSSR count). The third-order valence-electron chi connectivity index (χ3n) is 3.12. The van der Waals surface area contributed by atoms with Crippen LogP contribution in [0.25, 0.3) is 0 Å². The Morgan fingerprint density at radius 2 is 2.10 bits per heavy atom. The summed E-state index contributed by atoms with van der Waals surface area (Å²) in [4.78, 5) is 0. The first-order chi connectivity index (χ1) is 9.52. The van der Waals surface area contributed by atoms with Crippen molar-refractivity contribution < 1.29 is 5.11 Å². The molecule has 0 amide bonds. The molecule has 4 N–H and O–H groups in total. The van der Waals surface area contributed by atoms with Gasteiger partial charge >= 0.3 is 0 Å². The lowest BCUT2D eigenvalue weighted by Crippen LogP contribution is -2.15. The molecule has 6 nitrogen and oxygen atoms in total. The summed E-state index contributed by atoms with van der Waals surface area (Å²) in [5.41, 5.74) is 8.19. The summed E-state index contributed by atoms with van der Waals surface area (Å²) in [6.45, 7) is 2.07. The maximum atomic E-state index is 10.1. The molecule has 0 saturated carbocycles. The number of rotatable bonds is 4. The quantitative estimate of drug-likeness (QED) is 0.728. The van der Waals surface area contributed by atoms with Gasteiger partial charge in [0.1, 0.15) is 17.5 Å². The molecule has 1 aromatic carbocycles. The average Bonchev–Trinajstić information content (AvgIpc) is 2.70. The predicted molar refractivity (Wildman–Crippen MR) is 77.0 cm³/mol. The molecule has 104 valence electrons. The van der Waals surface area contributed by atoms with Crippen LogP contribution in [0.5, 0.6) is 0 Å². The maximum Gasteiger partial charge on any atom is 0.142 e. The van der Waals surface area contributed by atoms with Crippen LogP contribution in [0.15, 0.2) is 24.3 Å². The summed E-state index contributed by atoms with van der Waals surface area (Å²) in [6.07, 6.45) is -0.683. The van der Waals surface area contributed by atoms with Crippen LogP contribution in [0.4, 0.5) is 11.5 Å². The Morgan fingerprint density at radius 1 is 1.45 bits per heavy atom. The number of benzene rings is 1. The third-order valence-corrected chi connectivity index (χ3v) is 3.12. The van der Waals surface area contributed by atoms with Gasteiger partial charge in [0.2, 0.25) is 0 Å². The number of aliphatic hydroxyl groups is 1. The molecule has 1 atom stereocenters. The number of nitrogens with zero attached hydrogens (tertiary/aromatic N) is 3. The van der Waals surface area contributed by atoms with E-state index in [1.54, 1.807) is 42.9 Å². The summed E-state index contributed by atoms with van der Waals surface area (Å²) in [7, 11) is 1.76. The molecular weight excluding hydrogens is 254 g/mol. The topological polar surface area (TPSA) is 99.9 Å². The first kappa shape index (κ1) is 13.9. The number of aromatic nitrogens is 2. The number of nitriles is 1. The molecule has 0 aliphatic carbocycles. The molecule has 20 heavy (non-hydrogen) atoms. The highest BCUT2D eigenvalue weighted by Gasteiger charge is 2.14. The van der Waals surface area contributed by atoms with Crippen LogP contribution in [0.1, 0.15) is 22.9 Å². The van der Waals surface area contributed by atoms with Crippen LogP contribution in [0, 0.1) is 18.3 Å². The predicted octanol–water partition coefficient (Wildman–Crippen LogP) is 1.33. The largest absolute Gasteiger partial charge is 0.399 e. The van der Waals surface area contributed by atoms with Crippen molar-refractivity contribution in [2.24, 2.45) is 7.05 Å². The Bertz CT molecular complexity index is 639. The van der Waals surface area contributed by atoms with Crippen LogP contribution in [0.3, 0.4) is 0 Å². The second kappa shape index (κ2) is 5.63. The third kappa shape index (κ3) is 2.73. The minimum absolute atomic E-state index is 0.289. The second-order valence-corrected chi connectivity index (χ2v) is 4.61. The van der Waals surface area contributed by atoms with E-state index in [-0.39, 0.29) is 6.54 Å². The highest BCUT2D eigenvalue weighted by molar-refractivity contribution is 5.55. The fourth-order valence-corrected chi connectivity index (χ4v) is 2.02. The van der Waals surface area contributed by atoms with Crippen molar-refractivity contribution in [3.05, 3.63) is 41.1 Å². The number of hydrogen-bond acceptors (Lipinski definition) is 5. The molecule has 0 saturated heterocycles.